The van der Waals surface area contributed by atoms with Crippen LogP contribution >= 0.6 is 0 Å². The molecule has 1 aromatic carbocycles. The van der Waals surface area contributed by atoms with Gasteiger partial charge in [0.25, 0.3) is 11.8 Å². The summed E-state index contributed by atoms with van der Waals surface area (Å²) in [4.78, 5) is 38.2. The zero-order valence-corrected chi connectivity index (χ0v) is 16.6. The number of amides is 3. The van der Waals surface area contributed by atoms with Gasteiger partial charge in [0.15, 0.2) is 12.4 Å². The molecule has 1 aromatic rings. The van der Waals surface area contributed by atoms with Gasteiger partial charge in [-0.05, 0) is 38.2 Å². The topological polar surface area (TPSA) is 102 Å². The molecule has 156 valence electrons. The summed E-state index contributed by atoms with van der Waals surface area (Å²) in [7, 11) is 0. The highest BCUT2D eigenvalue weighted by Gasteiger charge is 2.28. The van der Waals surface area contributed by atoms with Gasteiger partial charge in [0.2, 0.25) is 5.91 Å². The van der Waals surface area contributed by atoms with Crippen molar-refractivity contribution in [1.29, 1.82) is 0 Å². The number of primary amides is 1. The number of hydrogen-bond donors (Lipinski definition) is 2. The Kier molecular flexibility index (Phi) is 6.51. The van der Waals surface area contributed by atoms with Gasteiger partial charge in [-0.2, -0.15) is 0 Å². The number of carbonyl (C=O) groups is 3. The minimum absolute atomic E-state index is 0.0607. The lowest BCUT2D eigenvalue weighted by atomic mass is 9.90. The second kappa shape index (κ2) is 9.07. The molecule has 1 aliphatic carbocycles. The maximum atomic E-state index is 14.6. The second-order valence-electron chi connectivity index (χ2n) is 7.32. The predicted molar refractivity (Wildman–Crippen MR) is 107 cm³/mol. The van der Waals surface area contributed by atoms with Gasteiger partial charge in [-0.1, -0.05) is 19.8 Å². The van der Waals surface area contributed by atoms with Crippen LogP contribution in [0.15, 0.2) is 23.3 Å². The average molecular weight is 403 g/mol. The van der Waals surface area contributed by atoms with Crippen molar-refractivity contribution in [2.45, 2.75) is 51.9 Å². The van der Waals surface area contributed by atoms with Gasteiger partial charge in [0, 0.05) is 23.8 Å². The zero-order valence-electron chi connectivity index (χ0n) is 16.6. The number of hydrogen-bond acceptors (Lipinski definition) is 4. The molecule has 0 fully saturated rings. The first-order valence-corrected chi connectivity index (χ1v) is 10.0. The van der Waals surface area contributed by atoms with Crippen molar-refractivity contribution in [2.24, 2.45) is 5.73 Å². The van der Waals surface area contributed by atoms with Crippen LogP contribution in [-0.2, 0) is 14.4 Å². The average Bonchev–Trinajstić information content (AvgIpc) is 2.70. The largest absolute Gasteiger partial charge is 0.481 e. The van der Waals surface area contributed by atoms with E-state index in [1.807, 2.05) is 0 Å². The summed E-state index contributed by atoms with van der Waals surface area (Å²) >= 11 is 0. The van der Waals surface area contributed by atoms with Gasteiger partial charge in [-0.3, -0.25) is 14.4 Å². The molecule has 0 bridgehead atoms. The van der Waals surface area contributed by atoms with E-state index >= 15 is 0 Å². The van der Waals surface area contributed by atoms with E-state index in [0.29, 0.717) is 36.2 Å². The van der Waals surface area contributed by atoms with Crippen molar-refractivity contribution >= 4 is 29.1 Å². The molecule has 0 radical (unpaired) electrons. The van der Waals surface area contributed by atoms with Crippen molar-refractivity contribution < 1.29 is 23.5 Å². The van der Waals surface area contributed by atoms with Gasteiger partial charge in [0.05, 0.1) is 11.4 Å². The number of unbranched alkanes of at least 4 members (excludes halogenated alkanes) is 2. The Morgan fingerprint density at radius 2 is 1.93 bits per heavy atom. The zero-order chi connectivity index (χ0) is 21.0. The number of nitrogens with zero attached hydrogens (tertiary/aromatic N) is 1. The van der Waals surface area contributed by atoms with E-state index in [-0.39, 0.29) is 24.0 Å². The fourth-order valence-corrected chi connectivity index (χ4v) is 3.71. The van der Waals surface area contributed by atoms with Crippen LogP contribution in [0, 0.1) is 5.82 Å². The van der Waals surface area contributed by atoms with Gasteiger partial charge >= 0.3 is 0 Å². The van der Waals surface area contributed by atoms with E-state index in [0.717, 1.165) is 32.1 Å². The molecular weight excluding hydrogens is 377 g/mol. The van der Waals surface area contributed by atoms with E-state index in [4.69, 9.17) is 10.5 Å². The third kappa shape index (κ3) is 4.58. The van der Waals surface area contributed by atoms with E-state index in [1.54, 1.807) is 4.90 Å². The first-order valence-electron chi connectivity index (χ1n) is 10.0. The van der Waals surface area contributed by atoms with Crippen molar-refractivity contribution in [3.8, 4) is 5.75 Å². The minimum atomic E-state index is -0.669. The van der Waals surface area contributed by atoms with Crippen molar-refractivity contribution in [3.63, 3.8) is 0 Å². The first kappa shape index (κ1) is 20.8. The molecule has 3 amide bonds. The highest BCUT2D eigenvalue weighted by molar-refractivity contribution is 6.10. The molecular formula is C21H26FN3O4. The molecule has 0 spiro atoms. The van der Waals surface area contributed by atoms with Crippen LogP contribution in [0.3, 0.4) is 0 Å². The van der Waals surface area contributed by atoms with Crippen LogP contribution in [0.4, 0.5) is 15.8 Å². The molecule has 8 heteroatoms. The van der Waals surface area contributed by atoms with Crippen LogP contribution in [0.25, 0.3) is 0 Å². The fraction of sp³-hybridized carbons (Fsp3) is 0.476. The maximum absolute atomic E-state index is 14.6. The van der Waals surface area contributed by atoms with Gasteiger partial charge < -0.3 is 20.7 Å². The van der Waals surface area contributed by atoms with Crippen molar-refractivity contribution in [2.75, 3.05) is 23.4 Å². The molecule has 2 aliphatic rings. The molecule has 29 heavy (non-hydrogen) atoms. The standard InChI is InChI=1S/C21H26FN3O4/c1-2-3-6-9-25-17-11-16(15(22)10-18(17)29-12-19(25)26)24-21(28)14-8-5-4-7-13(14)20(23)27/h10-11H,2-9,12H2,1H3,(H2,23,27)(H,24,28). The Morgan fingerprint density at radius 1 is 1.21 bits per heavy atom. The minimum Gasteiger partial charge on any atom is -0.481 e. The van der Waals surface area contributed by atoms with Crippen LogP contribution in [0.2, 0.25) is 0 Å². The predicted octanol–water partition coefficient (Wildman–Crippen LogP) is 3.04. The summed E-state index contributed by atoms with van der Waals surface area (Å²) in [5.74, 6) is -1.77. The molecule has 7 nitrogen and oxygen atoms in total. The van der Waals surface area contributed by atoms with Gasteiger partial charge in [-0.15, -0.1) is 0 Å². The highest BCUT2D eigenvalue weighted by Crippen LogP contribution is 2.37. The monoisotopic (exact) mass is 403 g/mol. The lowest BCUT2D eigenvalue weighted by Gasteiger charge is -2.30. The van der Waals surface area contributed by atoms with Crippen LogP contribution < -0.4 is 20.7 Å². The Hall–Kier alpha value is -2.90. The van der Waals surface area contributed by atoms with E-state index in [1.165, 1.54) is 12.1 Å². The highest BCUT2D eigenvalue weighted by atomic mass is 19.1. The molecule has 0 unspecified atom stereocenters. The number of nitrogens with one attached hydrogen (secondary N) is 1. The number of halogens is 1. The van der Waals surface area contributed by atoms with E-state index in [2.05, 4.69) is 12.2 Å². The number of ether oxygens (including phenoxy) is 1. The van der Waals surface area contributed by atoms with Crippen molar-refractivity contribution in [1.82, 2.24) is 0 Å². The third-order valence-electron chi connectivity index (χ3n) is 5.26. The summed E-state index contributed by atoms with van der Waals surface area (Å²) in [5.41, 5.74) is 6.36. The lowest BCUT2D eigenvalue weighted by molar-refractivity contribution is -0.121. The summed E-state index contributed by atoms with van der Waals surface area (Å²) < 4.78 is 19.9. The Labute approximate surface area is 169 Å². The Bertz CT molecular complexity index is 866. The van der Waals surface area contributed by atoms with Crippen molar-refractivity contribution in [3.05, 3.63) is 29.1 Å². The number of benzene rings is 1. The number of fused-ring (bicyclic) bond motifs is 1. The fourth-order valence-electron chi connectivity index (χ4n) is 3.71. The van der Waals surface area contributed by atoms with Crippen LogP contribution in [0.5, 0.6) is 5.75 Å². The molecule has 0 atom stereocenters. The molecule has 3 N–H and O–H groups in total. The normalized spacial score (nSPS) is 16.3. The van der Waals surface area contributed by atoms with E-state index in [9.17, 15) is 18.8 Å². The maximum Gasteiger partial charge on any atom is 0.265 e. The molecule has 0 aromatic heterocycles. The van der Waals surface area contributed by atoms with Crippen LogP contribution in [-0.4, -0.2) is 30.9 Å². The number of rotatable bonds is 7. The number of anilines is 2. The quantitative estimate of drug-likeness (QED) is 0.683. The lowest BCUT2D eigenvalue weighted by Crippen LogP contribution is -2.39. The number of carbonyl (C=O) groups excluding carboxylic acids is 3. The summed E-state index contributed by atoms with van der Waals surface area (Å²) in [6.45, 7) is 2.43. The molecule has 1 heterocycles. The number of nitrogens with two attached hydrogens (primary N) is 1. The summed E-state index contributed by atoms with van der Waals surface area (Å²) in [6.07, 6.45) is 5.20. The Morgan fingerprint density at radius 3 is 2.62 bits per heavy atom. The molecule has 3 rings (SSSR count). The molecule has 0 saturated carbocycles. The van der Waals surface area contributed by atoms with Gasteiger partial charge in [-0.25, -0.2) is 4.39 Å². The van der Waals surface area contributed by atoms with E-state index < -0.39 is 17.6 Å². The Balaban J connectivity index is 1.88. The summed E-state index contributed by atoms with van der Waals surface area (Å²) in [5, 5.41) is 2.54. The second-order valence-corrected chi connectivity index (χ2v) is 7.32. The van der Waals surface area contributed by atoms with Gasteiger partial charge in [0.1, 0.15) is 5.75 Å². The van der Waals surface area contributed by atoms with Crippen LogP contribution in [0.1, 0.15) is 51.9 Å². The molecule has 1 aliphatic heterocycles. The first-order chi connectivity index (χ1) is 13.9. The smallest absolute Gasteiger partial charge is 0.265 e. The summed E-state index contributed by atoms with van der Waals surface area (Å²) in [6, 6.07) is 2.59. The molecule has 0 saturated heterocycles. The SMILES string of the molecule is CCCCCN1C(=O)COc2cc(F)c(NC(=O)C3=C(C(N)=O)CCCC3)cc21. The third-order valence-corrected chi connectivity index (χ3v) is 5.26.